The van der Waals surface area contributed by atoms with Crippen LogP contribution in [0.15, 0.2) is 24.5 Å². The van der Waals surface area contributed by atoms with Crippen LogP contribution in [0.2, 0.25) is 0 Å². The number of rotatable bonds is 7. The van der Waals surface area contributed by atoms with Crippen LogP contribution in [0.1, 0.15) is 12.5 Å². The number of aliphatic hydroxyl groups excluding tert-OH is 1. The van der Waals surface area contributed by atoms with Gasteiger partial charge in [-0.1, -0.05) is 6.07 Å². The van der Waals surface area contributed by atoms with Crippen LogP contribution in [0.25, 0.3) is 0 Å². The molecule has 1 saturated heterocycles. The maximum Gasteiger partial charge on any atom is 0.0594 e. The van der Waals surface area contributed by atoms with E-state index in [1.807, 2.05) is 12.3 Å². The van der Waals surface area contributed by atoms with Crippen LogP contribution in [0.5, 0.6) is 0 Å². The van der Waals surface area contributed by atoms with E-state index >= 15 is 0 Å². The third-order valence-electron chi connectivity index (χ3n) is 3.75. The van der Waals surface area contributed by atoms with Gasteiger partial charge in [0.1, 0.15) is 0 Å². The Labute approximate surface area is 121 Å². The maximum atomic E-state index is 9.28. The van der Waals surface area contributed by atoms with E-state index in [9.17, 15) is 5.11 Å². The molecule has 1 aliphatic heterocycles. The quantitative estimate of drug-likeness (QED) is 0.792. The van der Waals surface area contributed by atoms with E-state index in [1.165, 1.54) is 5.56 Å². The molecule has 2 heterocycles. The summed E-state index contributed by atoms with van der Waals surface area (Å²) in [7, 11) is 0. The third-order valence-corrected chi connectivity index (χ3v) is 3.75. The van der Waals surface area contributed by atoms with Gasteiger partial charge in [0, 0.05) is 51.2 Å². The van der Waals surface area contributed by atoms with Crippen LogP contribution in [0.4, 0.5) is 0 Å². The first-order chi connectivity index (χ1) is 9.79. The van der Waals surface area contributed by atoms with Crippen LogP contribution in [-0.2, 0) is 11.3 Å². The van der Waals surface area contributed by atoms with Gasteiger partial charge in [-0.3, -0.25) is 14.8 Å². The van der Waals surface area contributed by atoms with Gasteiger partial charge < -0.3 is 9.84 Å². The Morgan fingerprint density at radius 3 is 2.90 bits per heavy atom. The predicted octanol–water partition coefficient (Wildman–Crippen LogP) is 0.597. The van der Waals surface area contributed by atoms with Crippen LogP contribution in [0, 0.1) is 0 Å². The van der Waals surface area contributed by atoms with Crippen molar-refractivity contribution < 1.29 is 9.84 Å². The molecular weight excluding hydrogens is 254 g/mol. The molecule has 0 aromatic carbocycles. The van der Waals surface area contributed by atoms with Crippen molar-refractivity contribution in [2.24, 2.45) is 0 Å². The lowest BCUT2D eigenvalue weighted by atomic mass is 10.2. The Morgan fingerprint density at radius 1 is 1.45 bits per heavy atom. The Morgan fingerprint density at radius 2 is 2.25 bits per heavy atom. The summed E-state index contributed by atoms with van der Waals surface area (Å²) in [5.74, 6) is 0. The number of ether oxygens (including phenoxy) is 1. The number of aromatic nitrogens is 1. The SMILES string of the molecule is CC(CN1CCOCC1)N(CCO)Cc1cccnc1. The standard InChI is InChI=1S/C15H25N3O2/c1-14(12-17-6-9-20-10-7-17)18(5-8-19)13-15-3-2-4-16-11-15/h2-4,11,14,19H,5-10,12-13H2,1H3. The minimum atomic E-state index is 0.188. The molecular formula is C15H25N3O2. The van der Waals surface area contributed by atoms with Crippen LogP contribution < -0.4 is 0 Å². The van der Waals surface area contributed by atoms with E-state index in [2.05, 4.69) is 27.8 Å². The molecule has 2 rings (SSSR count). The molecule has 112 valence electrons. The number of nitrogens with zero attached hydrogens (tertiary/aromatic N) is 3. The average Bonchev–Trinajstić information content (AvgIpc) is 2.49. The Kier molecular flexibility index (Phi) is 6.39. The van der Waals surface area contributed by atoms with Crippen molar-refractivity contribution in [3.05, 3.63) is 30.1 Å². The lowest BCUT2D eigenvalue weighted by Crippen LogP contribution is -2.46. The molecule has 0 amide bonds. The van der Waals surface area contributed by atoms with Crippen molar-refractivity contribution in [1.29, 1.82) is 0 Å². The molecule has 1 fully saturated rings. The molecule has 1 aromatic rings. The van der Waals surface area contributed by atoms with Gasteiger partial charge in [-0.2, -0.15) is 0 Å². The van der Waals surface area contributed by atoms with Gasteiger partial charge in [0.25, 0.3) is 0 Å². The summed E-state index contributed by atoms with van der Waals surface area (Å²) >= 11 is 0. The van der Waals surface area contributed by atoms with E-state index in [0.717, 1.165) is 39.4 Å². The van der Waals surface area contributed by atoms with Gasteiger partial charge in [-0.25, -0.2) is 0 Å². The summed E-state index contributed by atoms with van der Waals surface area (Å²) in [6.07, 6.45) is 3.68. The molecule has 1 aliphatic rings. The van der Waals surface area contributed by atoms with E-state index in [-0.39, 0.29) is 6.61 Å². The largest absolute Gasteiger partial charge is 0.395 e. The Bertz CT molecular complexity index is 369. The van der Waals surface area contributed by atoms with Crippen LogP contribution in [-0.4, -0.2) is 71.9 Å². The molecule has 0 radical (unpaired) electrons. The number of hydrogen-bond donors (Lipinski definition) is 1. The molecule has 1 N–H and O–H groups in total. The normalized spacial score (nSPS) is 18.4. The number of hydrogen-bond acceptors (Lipinski definition) is 5. The molecule has 0 bridgehead atoms. The van der Waals surface area contributed by atoms with Gasteiger partial charge in [-0.15, -0.1) is 0 Å². The molecule has 5 heteroatoms. The highest BCUT2D eigenvalue weighted by Gasteiger charge is 2.19. The molecule has 0 saturated carbocycles. The fraction of sp³-hybridized carbons (Fsp3) is 0.667. The van der Waals surface area contributed by atoms with Gasteiger partial charge in [-0.05, 0) is 18.6 Å². The maximum absolute atomic E-state index is 9.28. The molecule has 0 spiro atoms. The topological polar surface area (TPSA) is 48.8 Å². The second-order valence-electron chi connectivity index (χ2n) is 5.32. The van der Waals surface area contributed by atoms with E-state index in [1.54, 1.807) is 6.20 Å². The fourth-order valence-electron chi connectivity index (χ4n) is 2.58. The Hall–Kier alpha value is -1.01. The molecule has 1 atom stereocenters. The number of morpholine rings is 1. The van der Waals surface area contributed by atoms with Gasteiger partial charge in [0.05, 0.1) is 19.8 Å². The van der Waals surface area contributed by atoms with Gasteiger partial charge in [0.15, 0.2) is 0 Å². The van der Waals surface area contributed by atoms with E-state index in [0.29, 0.717) is 12.6 Å². The monoisotopic (exact) mass is 279 g/mol. The highest BCUT2D eigenvalue weighted by atomic mass is 16.5. The van der Waals surface area contributed by atoms with Crippen molar-refractivity contribution in [2.45, 2.75) is 19.5 Å². The highest BCUT2D eigenvalue weighted by Crippen LogP contribution is 2.09. The zero-order valence-corrected chi connectivity index (χ0v) is 12.2. The van der Waals surface area contributed by atoms with Gasteiger partial charge in [0.2, 0.25) is 0 Å². The first-order valence-corrected chi connectivity index (χ1v) is 7.33. The number of aliphatic hydroxyl groups is 1. The zero-order chi connectivity index (χ0) is 14.2. The van der Waals surface area contributed by atoms with E-state index < -0.39 is 0 Å². The molecule has 1 aromatic heterocycles. The second-order valence-corrected chi connectivity index (χ2v) is 5.32. The summed E-state index contributed by atoms with van der Waals surface area (Å²) in [4.78, 5) is 8.90. The van der Waals surface area contributed by atoms with Crippen molar-refractivity contribution in [3.63, 3.8) is 0 Å². The van der Waals surface area contributed by atoms with Crippen molar-refractivity contribution >= 4 is 0 Å². The van der Waals surface area contributed by atoms with Crippen molar-refractivity contribution in [1.82, 2.24) is 14.8 Å². The fourth-order valence-corrected chi connectivity index (χ4v) is 2.58. The first kappa shape index (κ1) is 15.4. The molecule has 5 nitrogen and oxygen atoms in total. The Balaban J connectivity index is 1.89. The van der Waals surface area contributed by atoms with Crippen molar-refractivity contribution in [2.75, 3.05) is 46.0 Å². The van der Waals surface area contributed by atoms with Crippen LogP contribution >= 0.6 is 0 Å². The predicted molar refractivity (Wildman–Crippen MR) is 78.5 cm³/mol. The summed E-state index contributed by atoms with van der Waals surface area (Å²) < 4.78 is 5.38. The molecule has 0 aliphatic carbocycles. The zero-order valence-electron chi connectivity index (χ0n) is 12.2. The first-order valence-electron chi connectivity index (χ1n) is 7.33. The minimum absolute atomic E-state index is 0.188. The summed E-state index contributed by atoms with van der Waals surface area (Å²) in [5.41, 5.74) is 1.19. The molecule has 1 unspecified atom stereocenters. The smallest absolute Gasteiger partial charge is 0.0594 e. The average molecular weight is 279 g/mol. The molecule has 20 heavy (non-hydrogen) atoms. The van der Waals surface area contributed by atoms with Gasteiger partial charge >= 0.3 is 0 Å². The minimum Gasteiger partial charge on any atom is -0.395 e. The van der Waals surface area contributed by atoms with E-state index in [4.69, 9.17) is 4.74 Å². The van der Waals surface area contributed by atoms with Crippen LogP contribution in [0.3, 0.4) is 0 Å². The summed E-state index contributed by atoms with van der Waals surface area (Å²) in [6, 6.07) is 4.44. The van der Waals surface area contributed by atoms with Crippen molar-refractivity contribution in [3.8, 4) is 0 Å². The second kappa shape index (κ2) is 8.32. The third kappa shape index (κ3) is 4.83. The highest BCUT2D eigenvalue weighted by molar-refractivity contribution is 5.08. The summed E-state index contributed by atoms with van der Waals surface area (Å²) in [6.45, 7) is 8.62. The summed E-state index contributed by atoms with van der Waals surface area (Å²) in [5, 5.41) is 9.28. The lowest BCUT2D eigenvalue weighted by Gasteiger charge is -2.34. The lowest BCUT2D eigenvalue weighted by molar-refractivity contribution is 0.0217. The number of pyridine rings is 1.